The molecule has 4 rings (SSSR count). The molecule has 1 saturated carbocycles. The summed E-state index contributed by atoms with van der Waals surface area (Å²) in [5, 5.41) is 0. The number of amides is 1. The Balaban J connectivity index is 1.28. The molecule has 0 aromatic heterocycles. The molecule has 2 unspecified atom stereocenters. The summed E-state index contributed by atoms with van der Waals surface area (Å²) in [6, 6.07) is 18.7. The van der Waals surface area contributed by atoms with Crippen LogP contribution in [0.1, 0.15) is 80.8 Å². The molecule has 1 aliphatic heterocycles. The van der Waals surface area contributed by atoms with Crippen LogP contribution in [0.2, 0.25) is 0 Å². The van der Waals surface area contributed by atoms with Crippen molar-refractivity contribution in [3.8, 4) is 0 Å². The molecule has 200 valence electrons. The first kappa shape index (κ1) is 27.2. The Labute approximate surface area is 221 Å². The average Bonchev–Trinajstić information content (AvgIpc) is 3.65. The molecule has 1 amide bonds. The van der Waals surface area contributed by atoms with E-state index in [4.69, 9.17) is 9.47 Å². The van der Waals surface area contributed by atoms with Crippen molar-refractivity contribution in [1.29, 1.82) is 0 Å². The van der Waals surface area contributed by atoms with E-state index < -0.39 is 5.60 Å². The predicted molar refractivity (Wildman–Crippen MR) is 146 cm³/mol. The lowest BCUT2D eigenvalue weighted by atomic mass is 10.0. The van der Waals surface area contributed by atoms with Crippen LogP contribution >= 0.6 is 0 Å². The Kier molecular flexibility index (Phi) is 8.91. The van der Waals surface area contributed by atoms with Crippen LogP contribution in [0.4, 0.5) is 4.79 Å². The molecule has 1 aliphatic carbocycles. The topological polar surface area (TPSA) is 59.1 Å². The van der Waals surface area contributed by atoms with E-state index in [1.54, 1.807) is 0 Å². The molecule has 0 N–H and O–H groups in total. The number of hydrogen-bond donors (Lipinski definition) is 0. The van der Waals surface area contributed by atoms with Gasteiger partial charge in [-0.2, -0.15) is 0 Å². The molecule has 1 heterocycles. The zero-order valence-corrected chi connectivity index (χ0v) is 22.8. The summed E-state index contributed by atoms with van der Waals surface area (Å²) in [6.45, 7) is 11.1. The quantitative estimate of drug-likeness (QED) is 0.387. The minimum absolute atomic E-state index is 0.166. The third-order valence-corrected chi connectivity index (χ3v) is 7.30. The van der Waals surface area contributed by atoms with E-state index in [0.717, 1.165) is 51.7 Å². The Bertz CT molecular complexity index is 1020. The molecule has 2 fully saturated rings. The highest BCUT2D eigenvalue weighted by molar-refractivity contribution is 5.89. The molecule has 0 radical (unpaired) electrons. The average molecular weight is 507 g/mol. The molecule has 2 atom stereocenters. The number of aryl methyl sites for hydroxylation is 1. The summed E-state index contributed by atoms with van der Waals surface area (Å²) in [5.41, 5.74) is 2.66. The Morgan fingerprint density at radius 2 is 1.68 bits per heavy atom. The molecular formula is C31H42N2O4. The van der Waals surface area contributed by atoms with Crippen LogP contribution in [0.15, 0.2) is 54.6 Å². The number of piperidine rings is 1. The zero-order valence-electron chi connectivity index (χ0n) is 22.8. The van der Waals surface area contributed by atoms with Gasteiger partial charge in [0.15, 0.2) is 0 Å². The van der Waals surface area contributed by atoms with E-state index in [1.807, 2.05) is 58.0 Å². The summed E-state index contributed by atoms with van der Waals surface area (Å²) in [4.78, 5) is 29.7. The van der Waals surface area contributed by atoms with Gasteiger partial charge >= 0.3 is 12.1 Å². The van der Waals surface area contributed by atoms with Crippen molar-refractivity contribution >= 4 is 12.1 Å². The summed E-state index contributed by atoms with van der Waals surface area (Å²) < 4.78 is 10.9. The molecule has 2 aromatic rings. The number of nitrogens with zero attached hydrogens (tertiary/aromatic N) is 2. The fourth-order valence-electron chi connectivity index (χ4n) is 5.37. The second-order valence-electron chi connectivity index (χ2n) is 11.3. The van der Waals surface area contributed by atoms with E-state index >= 15 is 0 Å². The number of likely N-dealkylation sites (tertiary alicyclic amines) is 1. The lowest BCUT2D eigenvalue weighted by molar-refractivity contribution is 0.00523. The summed E-state index contributed by atoms with van der Waals surface area (Å²) in [7, 11) is 0. The highest BCUT2D eigenvalue weighted by atomic mass is 16.6. The normalized spacial score (nSPS) is 20.3. The maximum absolute atomic E-state index is 13.3. The van der Waals surface area contributed by atoms with Crippen LogP contribution in [-0.4, -0.2) is 65.8 Å². The fourth-order valence-corrected chi connectivity index (χ4v) is 5.37. The Morgan fingerprint density at radius 3 is 2.30 bits per heavy atom. The van der Waals surface area contributed by atoms with Gasteiger partial charge in [0.2, 0.25) is 0 Å². The maximum atomic E-state index is 13.3. The van der Waals surface area contributed by atoms with Gasteiger partial charge in [-0.25, -0.2) is 9.59 Å². The van der Waals surface area contributed by atoms with Crippen LogP contribution in [-0.2, 0) is 15.9 Å². The van der Waals surface area contributed by atoms with E-state index in [1.165, 1.54) is 11.1 Å². The van der Waals surface area contributed by atoms with E-state index in [9.17, 15) is 9.59 Å². The summed E-state index contributed by atoms with van der Waals surface area (Å²) >= 11 is 0. The SMILES string of the molecule is CCOC(=O)c1ccc(CCCN2CCC(N(C(=O)OC(C)(C)C)C3CC3c3ccccc3)CC2)cc1. The summed E-state index contributed by atoms with van der Waals surface area (Å²) in [6.07, 6.45) is 4.85. The van der Waals surface area contributed by atoms with Gasteiger partial charge < -0.3 is 19.3 Å². The first-order valence-electron chi connectivity index (χ1n) is 13.8. The van der Waals surface area contributed by atoms with Gasteiger partial charge in [0.25, 0.3) is 0 Å². The number of ether oxygens (including phenoxy) is 2. The van der Waals surface area contributed by atoms with Gasteiger partial charge in [0.1, 0.15) is 5.60 Å². The summed E-state index contributed by atoms with van der Waals surface area (Å²) in [5.74, 6) is 0.139. The minimum atomic E-state index is -0.498. The van der Waals surface area contributed by atoms with Crippen molar-refractivity contribution in [3.63, 3.8) is 0 Å². The van der Waals surface area contributed by atoms with E-state index in [-0.39, 0.29) is 24.1 Å². The number of esters is 1. The number of benzene rings is 2. The van der Waals surface area contributed by atoms with Gasteiger partial charge in [0, 0.05) is 31.1 Å². The highest BCUT2D eigenvalue weighted by Gasteiger charge is 2.48. The van der Waals surface area contributed by atoms with Crippen molar-refractivity contribution in [3.05, 3.63) is 71.3 Å². The van der Waals surface area contributed by atoms with Crippen molar-refractivity contribution in [2.45, 2.75) is 83.4 Å². The zero-order chi connectivity index (χ0) is 26.4. The number of hydrogen-bond acceptors (Lipinski definition) is 5. The Morgan fingerprint density at radius 1 is 1.00 bits per heavy atom. The predicted octanol–water partition coefficient (Wildman–Crippen LogP) is 6.05. The molecule has 0 spiro atoms. The first-order valence-corrected chi connectivity index (χ1v) is 13.8. The van der Waals surface area contributed by atoms with Crippen molar-refractivity contribution in [2.75, 3.05) is 26.2 Å². The van der Waals surface area contributed by atoms with Crippen molar-refractivity contribution in [1.82, 2.24) is 9.80 Å². The van der Waals surface area contributed by atoms with Crippen LogP contribution in [0.25, 0.3) is 0 Å². The van der Waals surface area contributed by atoms with Crippen LogP contribution < -0.4 is 0 Å². The van der Waals surface area contributed by atoms with Crippen LogP contribution in [0.3, 0.4) is 0 Å². The number of carbonyl (C=O) groups is 2. The lowest BCUT2D eigenvalue weighted by Gasteiger charge is -2.39. The second kappa shape index (κ2) is 12.1. The van der Waals surface area contributed by atoms with Crippen molar-refractivity contribution < 1.29 is 19.1 Å². The molecule has 6 heteroatoms. The Hall–Kier alpha value is -2.86. The number of rotatable bonds is 9. The maximum Gasteiger partial charge on any atom is 0.410 e. The van der Waals surface area contributed by atoms with Crippen molar-refractivity contribution in [2.24, 2.45) is 0 Å². The minimum Gasteiger partial charge on any atom is -0.462 e. The largest absolute Gasteiger partial charge is 0.462 e. The van der Waals surface area contributed by atoms with Gasteiger partial charge in [-0.15, -0.1) is 0 Å². The molecular weight excluding hydrogens is 464 g/mol. The van der Waals surface area contributed by atoms with E-state index in [2.05, 4.69) is 34.1 Å². The highest BCUT2D eigenvalue weighted by Crippen LogP contribution is 2.46. The first-order chi connectivity index (χ1) is 17.7. The lowest BCUT2D eigenvalue weighted by Crippen LogP contribution is -2.50. The molecule has 1 saturated heterocycles. The molecule has 2 aromatic carbocycles. The fraction of sp³-hybridized carbons (Fsp3) is 0.548. The molecule has 0 bridgehead atoms. The van der Waals surface area contributed by atoms with E-state index in [0.29, 0.717) is 18.1 Å². The molecule has 6 nitrogen and oxygen atoms in total. The monoisotopic (exact) mass is 506 g/mol. The van der Waals surface area contributed by atoms with Gasteiger partial charge in [-0.05, 0) is 89.6 Å². The van der Waals surface area contributed by atoms with Gasteiger partial charge in [-0.3, -0.25) is 0 Å². The van der Waals surface area contributed by atoms with Crippen LogP contribution in [0, 0.1) is 0 Å². The third kappa shape index (κ3) is 7.57. The second-order valence-corrected chi connectivity index (χ2v) is 11.3. The molecule has 2 aliphatic rings. The van der Waals surface area contributed by atoms with Crippen LogP contribution in [0.5, 0.6) is 0 Å². The standard InChI is InChI=1S/C31H42N2O4/c1-5-36-29(34)25-15-13-23(14-16-25)10-9-19-32-20-17-26(18-21-32)33(30(35)37-31(2,3)4)28-22-27(28)24-11-7-6-8-12-24/h6-8,11-16,26-28H,5,9-10,17-22H2,1-4H3. The van der Waals surface area contributed by atoms with Gasteiger partial charge in [0.05, 0.1) is 12.2 Å². The van der Waals surface area contributed by atoms with Gasteiger partial charge in [-0.1, -0.05) is 42.5 Å². The number of carbonyl (C=O) groups excluding carboxylic acids is 2. The smallest absolute Gasteiger partial charge is 0.410 e. The third-order valence-electron chi connectivity index (χ3n) is 7.30. The molecule has 37 heavy (non-hydrogen) atoms.